The third kappa shape index (κ3) is 3.25. The number of aliphatic hydroxyl groups is 1. The summed E-state index contributed by atoms with van der Waals surface area (Å²) in [7, 11) is 0. The summed E-state index contributed by atoms with van der Waals surface area (Å²) in [6.07, 6.45) is 1.33. The summed E-state index contributed by atoms with van der Waals surface area (Å²) in [6, 6.07) is 3.85. The van der Waals surface area contributed by atoms with E-state index in [-0.39, 0.29) is 5.54 Å². The molecule has 4 nitrogen and oxygen atoms in total. The molecule has 0 saturated carbocycles. The quantitative estimate of drug-likeness (QED) is 0.886. The van der Waals surface area contributed by atoms with E-state index in [1.165, 1.54) is 0 Å². The van der Waals surface area contributed by atoms with Crippen LogP contribution < -0.4 is 4.90 Å². The molecule has 1 aromatic rings. The Morgan fingerprint density at radius 1 is 1.21 bits per heavy atom. The topological polar surface area (TPSA) is 39.6 Å². The second kappa shape index (κ2) is 5.47. The zero-order chi connectivity index (χ0) is 14.0. The predicted octanol–water partition coefficient (Wildman–Crippen LogP) is 2.06. The van der Waals surface area contributed by atoms with Crippen LogP contribution in [0.15, 0.2) is 18.3 Å². The molecule has 1 fully saturated rings. The summed E-state index contributed by atoms with van der Waals surface area (Å²) < 4.78 is 0. The van der Waals surface area contributed by atoms with E-state index in [9.17, 15) is 5.11 Å². The molecule has 1 aliphatic rings. The normalized spacial score (nSPS) is 19.5. The molecule has 4 heteroatoms. The summed E-state index contributed by atoms with van der Waals surface area (Å²) >= 11 is 0. The van der Waals surface area contributed by atoms with Crippen LogP contribution in [-0.4, -0.2) is 46.7 Å². The smallest absolute Gasteiger partial charge is 0.134 e. The van der Waals surface area contributed by atoms with Crippen LogP contribution in [0.5, 0.6) is 0 Å². The van der Waals surface area contributed by atoms with Crippen LogP contribution in [0.2, 0.25) is 0 Å². The average molecular weight is 263 g/mol. The molecule has 0 radical (unpaired) electrons. The molecule has 0 aromatic carbocycles. The fourth-order valence-corrected chi connectivity index (χ4v) is 2.59. The summed E-state index contributed by atoms with van der Waals surface area (Å²) in [5.74, 6) is 0.936. The second-order valence-electron chi connectivity index (χ2n) is 6.24. The first-order valence-corrected chi connectivity index (χ1v) is 7.02. The van der Waals surface area contributed by atoms with Crippen LogP contribution in [0.4, 0.5) is 5.82 Å². The van der Waals surface area contributed by atoms with Gasteiger partial charge in [0.1, 0.15) is 5.82 Å². The minimum absolute atomic E-state index is 0.226. The Bertz CT molecular complexity index is 418. The number of hydrogen-bond acceptors (Lipinski definition) is 4. The van der Waals surface area contributed by atoms with Crippen LogP contribution in [0.3, 0.4) is 0 Å². The molecule has 0 amide bonds. The van der Waals surface area contributed by atoms with Crippen molar-refractivity contribution in [1.29, 1.82) is 0 Å². The number of aliphatic hydroxyl groups excluding tert-OH is 1. The molecular weight excluding hydrogens is 238 g/mol. The zero-order valence-electron chi connectivity index (χ0n) is 12.4. The Balaban J connectivity index is 2.10. The van der Waals surface area contributed by atoms with Gasteiger partial charge in [0, 0.05) is 43.5 Å². The van der Waals surface area contributed by atoms with E-state index in [1.54, 1.807) is 13.1 Å². The second-order valence-corrected chi connectivity index (χ2v) is 6.24. The van der Waals surface area contributed by atoms with Gasteiger partial charge in [-0.05, 0) is 33.8 Å². The van der Waals surface area contributed by atoms with Crippen molar-refractivity contribution in [3.05, 3.63) is 23.9 Å². The Kier molecular flexibility index (Phi) is 4.11. The van der Waals surface area contributed by atoms with Crippen molar-refractivity contribution in [1.82, 2.24) is 9.88 Å². The first kappa shape index (κ1) is 14.3. The Labute approximate surface area is 116 Å². The summed E-state index contributed by atoms with van der Waals surface area (Å²) in [5.41, 5.74) is 1.15. The molecule has 0 unspecified atom stereocenters. The molecule has 2 heterocycles. The minimum Gasteiger partial charge on any atom is -0.389 e. The number of pyridine rings is 1. The first-order valence-electron chi connectivity index (χ1n) is 7.02. The van der Waals surface area contributed by atoms with Crippen molar-refractivity contribution in [2.75, 3.05) is 31.1 Å². The van der Waals surface area contributed by atoms with Gasteiger partial charge in [-0.25, -0.2) is 4.98 Å². The third-order valence-corrected chi connectivity index (χ3v) is 3.79. The highest BCUT2D eigenvalue weighted by atomic mass is 16.3. The monoisotopic (exact) mass is 263 g/mol. The Hall–Kier alpha value is -1.13. The fourth-order valence-electron chi connectivity index (χ4n) is 2.59. The van der Waals surface area contributed by atoms with Crippen molar-refractivity contribution in [2.45, 2.75) is 39.3 Å². The minimum atomic E-state index is -0.468. The maximum absolute atomic E-state index is 9.84. The van der Waals surface area contributed by atoms with Crippen molar-refractivity contribution in [2.24, 2.45) is 0 Å². The molecule has 106 valence electrons. The van der Waals surface area contributed by atoms with Gasteiger partial charge >= 0.3 is 0 Å². The van der Waals surface area contributed by atoms with E-state index in [0.29, 0.717) is 0 Å². The molecule has 1 aromatic heterocycles. The number of anilines is 1. The molecule has 1 atom stereocenters. The van der Waals surface area contributed by atoms with E-state index < -0.39 is 6.10 Å². The van der Waals surface area contributed by atoms with Gasteiger partial charge in [-0.1, -0.05) is 6.07 Å². The van der Waals surface area contributed by atoms with Gasteiger partial charge in [-0.3, -0.25) is 4.90 Å². The molecule has 1 aliphatic heterocycles. The highest BCUT2D eigenvalue weighted by molar-refractivity contribution is 5.48. The van der Waals surface area contributed by atoms with Crippen molar-refractivity contribution in [3.63, 3.8) is 0 Å². The van der Waals surface area contributed by atoms with E-state index in [2.05, 4.69) is 35.6 Å². The van der Waals surface area contributed by atoms with E-state index >= 15 is 0 Å². The number of aromatic nitrogens is 1. The van der Waals surface area contributed by atoms with Crippen LogP contribution in [0, 0.1) is 0 Å². The number of nitrogens with zero attached hydrogens (tertiary/aromatic N) is 3. The molecule has 0 spiro atoms. The van der Waals surface area contributed by atoms with Crippen molar-refractivity contribution < 1.29 is 5.11 Å². The van der Waals surface area contributed by atoms with Crippen LogP contribution >= 0.6 is 0 Å². The maximum atomic E-state index is 9.84. The van der Waals surface area contributed by atoms with Crippen LogP contribution in [0.25, 0.3) is 0 Å². The molecule has 19 heavy (non-hydrogen) atoms. The number of rotatable bonds is 2. The molecule has 1 saturated heterocycles. The average Bonchev–Trinajstić information content (AvgIpc) is 2.38. The van der Waals surface area contributed by atoms with Crippen molar-refractivity contribution in [3.8, 4) is 0 Å². The number of hydrogen-bond donors (Lipinski definition) is 1. The molecule has 0 bridgehead atoms. The summed E-state index contributed by atoms with van der Waals surface area (Å²) in [5, 5.41) is 9.84. The SMILES string of the molecule is C[C@@H](O)c1cccnc1N1CCN(C(C)(C)C)CC1. The lowest BCUT2D eigenvalue weighted by Crippen LogP contribution is -2.53. The van der Waals surface area contributed by atoms with Crippen LogP contribution in [0.1, 0.15) is 39.4 Å². The number of piperazine rings is 1. The van der Waals surface area contributed by atoms with E-state index in [1.807, 2.05) is 12.1 Å². The third-order valence-electron chi connectivity index (χ3n) is 3.79. The zero-order valence-corrected chi connectivity index (χ0v) is 12.4. The Morgan fingerprint density at radius 2 is 1.84 bits per heavy atom. The van der Waals surface area contributed by atoms with Gasteiger partial charge in [-0.2, -0.15) is 0 Å². The van der Waals surface area contributed by atoms with E-state index in [0.717, 1.165) is 37.6 Å². The molecule has 2 rings (SSSR count). The summed E-state index contributed by atoms with van der Waals surface area (Å²) in [4.78, 5) is 9.23. The lowest BCUT2D eigenvalue weighted by atomic mass is 10.0. The largest absolute Gasteiger partial charge is 0.389 e. The molecule has 1 N–H and O–H groups in total. The van der Waals surface area contributed by atoms with Crippen molar-refractivity contribution >= 4 is 5.82 Å². The van der Waals surface area contributed by atoms with Crippen LogP contribution in [-0.2, 0) is 0 Å². The van der Waals surface area contributed by atoms with Gasteiger partial charge in [0.2, 0.25) is 0 Å². The molecular formula is C15H25N3O. The standard InChI is InChI=1S/C15H25N3O/c1-12(19)13-6-5-7-16-14(13)17-8-10-18(11-9-17)15(2,3)4/h5-7,12,19H,8-11H2,1-4H3/t12-/m1/s1. The van der Waals surface area contributed by atoms with Gasteiger partial charge < -0.3 is 10.0 Å². The first-order chi connectivity index (χ1) is 8.89. The highest BCUT2D eigenvalue weighted by Gasteiger charge is 2.27. The highest BCUT2D eigenvalue weighted by Crippen LogP contribution is 2.25. The maximum Gasteiger partial charge on any atom is 0.134 e. The fraction of sp³-hybridized carbons (Fsp3) is 0.667. The van der Waals surface area contributed by atoms with Gasteiger partial charge in [0.05, 0.1) is 6.10 Å². The lowest BCUT2D eigenvalue weighted by Gasteiger charge is -2.43. The van der Waals surface area contributed by atoms with Gasteiger partial charge in [-0.15, -0.1) is 0 Å². The molecule has 0 aliphatic carbocycles. The van der Waals surface area contributed by atoms with Gasteiger partial charge in [0.15, 0.2) is 0 Å². The van der Waals surface area contributed by atoms with E-state index in [4.69, 9.17) is 0 Å². The predicted molar refractivity (Wildman–Crippen MR) is 78.4 cm³/mol. The summed E-state index contributed by atoms with van der Waals surface area (Å²) in [6.45, 7) is 12.6. The lowest BCUT2D eigenvalue weighted by molar-refractivity contribution is 0.128. The van der Waals surface area contributed by atoms with Gasteiger partial charge in [0.25, 0.3) is 0 Å². The Morgan fingerprint density at radius 3 is 2.37 bits per heavy atom.